The lowest BCUT2D eigenvalue weighted by molar-refractivity contribution is -0.114. The molecule has 0 spiro atoms. The van der Waals surface area contributed by atoms with E-state index in [1.807, 2.05) is 121 Å². The van der Waals surface area contributed by atoms with Crippen LogP contribution in [-0.4, -0.2) is 27.1 Å². The Morgan fingerprint density at radius 2 is 1.00 bits per heavy atom. The Labute approximate surface area is 166 Å². The average molecular weight is 371 g/mol. The molecule has 0 aliphatic heterocycles. The minimum atomic E-state index is -0.0830. The van der Waals surface area contributed by atoms with Gasteiger partial charge in [0, 0.05) is 44.4 Å². The molecule has 0 saturated heterocycles. The molecule has 0 atom stereocenters. The lowest BCUT2D eigenvalue weighted by Crippen LogP contribution is -2.36. The van der Waals surface area contributed by atoms with Gasteiger partial charge in [-0.3, -0.25) is 4.79 Å². The van der Waals surface area contributed by atoms with Gasteiger partial charge in [-0.15, -0.1) is 0 Å². The van der Waals surface area contributed by atoms with Crippen molar-refractivity contribution in [2.24, 2.45) is 0 Å². The Kier molecular flexibility index (Phi) is 6.12. The van der Waals surface area contributed by atoms with E-state index in [0.717, 1.165) is 17.1 Å². The average Bonchev–Trinajstić information content (AvgIpc) is 2.77. The van der Waals surface area contributed by atoms with Gasteiger partial charge in [-0.1, -0.05) is 54.6 Å². The summed E-state index contributed by atoms with van der Waals surface area (Å²) in [5, 5.41) is 0. The molecule has 0 aliphatic carbocycles. The Morgan fingerprint density at radius 3 is 1.46 bits per heavy atom. The lowest BCUT2D eigenvalue weighted by Gasteiger charge is -2.28. The van der Waals surface area contributed by atoms with Gasteiger partial charge in [-0.05, 0) is 36.4 Å². The van der Waals surface area contributed by atoms with Crippen LogP contribution in [0.15, 0.2) is 103 Å². The molecule has 0 aromatic heterocycles. The molecule has 0 fully saturated rings. The fraction of sp³-hybridized carbons (Fsp3) is 0.125. The number of amides is 1. The van der Waals surface area contributed by atoms with Crippen LogP contribution in [0.2, 0.25) is 0 Å². The van der Waals surface area contributed by atoms with Gasteiger partial charge in [-0.25, -0.2) is 0 Å². The summed E-state index contributed by atoms with van der Waals surface area (Å²) in [6, 6.07) is 29.5. The van der Waals surface area contributed by atoms with Crippen molar-refractivity contribution in [1.29, 1.82) is 0 Å². The maximum atomic E-state index is 13.4. The van der Waals surface area contributed by atoms with Gasteiger partial charge in [0.25, 0.3) is 5.91 Å². The zero-order valence-electron chi connectivity index (χ0n) is 16.5. The van der Waals surface area contributed by atoms with Crippen molar-refractivity contribution in [3.63, 3.8) is 0 Å². The first kappa shape index (κ1) is 19.2. The van der Waals surface area contributed by atoms with Crippen LogP contribution in [0.3, 0.4) is 0 Å². The smallest absolute Gasteiger partial charge is 0.276 e. The molecule has 4 nitrogen and oxygen atoms in total. The quantitative estimate of drug-likeness (QED) is 0.584. The first-order valence-corrected chi connectivity index (χ1v) is 9.19. The SMILES string of the molecule is CN(/C=C(/C(=O)N(C)c1ccccc1)N(C)c1ccccc1)c1ccccc1. The number of benzene rings is 3. The Hall–Kier alpha value is -3.53. The zero-order valence-corrected chi connectivity index (χ0v) is 16.5. The second-order valence-electron chi connectivity index (χ2n) is 6.56. The molecule has 0 N–H and O–H groups in total. The molecule has 3 aromatic rings. The Balaban J connectivity index is 1.98. The van der Waals surface area contributed by atoms with Crippen molar-refractivity contribution in [2.45, 2.75) is 0 Å². The Bertz CT molecular complexity index is 924. The van der Waals surface area contributed by atoms with Gasteiger partial charge in [0.05, 0.1) is 0 Å². The summed E-state index contributed by atoms with van der Waals surface area (Å²) in [4.78, 5) is 19.0. The van der Waals surface area contributed by atoms with Crippen molar-refractivity contribution in [1.82, 2.24) is 0 Å². The van der Waals surface area contributed by atoms with Crippen LogP contribution in [0.5, 0.6) is 0 Å². The van der Waals surface area contributed by atoms with Gasteiger partial charge in [0.2, 0.25) is 0 Å². The van der Waals surface area contributed by atoms with Crippen molar-refractivity contribution in [3.8, 4) is 0 Å². The molecule has 0 heterocycles. The molecule has 0 saturated carbocycles. The van der Waals surface area contributed by atoms with Crippen molar-refractivity contribution in [2.75, 3.05) is 35.8 Å². The largest absolute Gasteiger partial charge is 0.349 e. The standard InChI is InChI=1S/C24H25N3O/c1-25(20-13-7-4-8-14-20)19-23(26(2)21-15-9-5-10-16-21)24(28)27(3)22-17-11-6-12-18-22/h4-19H,1-3H3/b23-19-. The van der Waals surface area contributed by atoms with E-state index in [9.17, 15) is 4.79 Å². The topological polar surface area (TPSA) is 26.8 Å². The highest BCUT2D eigenvalue weighted by Crippen LogP contribution is 2.22. The van der Waals surface area contributed by atoms with Crippen LogP contribution in [0.4, 0.5) is 17.1 Å². The monoisotopic (exact) mass is 371 g/mol. The number of hydrogen-bond acceptors (Lipinski definition) is 3. The predicted molar refractivity (Wildman–Crippen MR) is 118 cm³/mol. The van der Waals surface area contributed by atoms with Gasteiger partial charge >= 0.3 is 0 Å². The highest BCUT2D eigenvalue weighted by atomic mass is 16.2. The molecule has 142 valence electrons. The normalized spacial score (nSPS) is 11.0. The number of likely N-dealkylation sites (N-methyl/N-ethyl adjacent to an activating group) is 2. The first-order chi connectivity index (χ1) is 13.6. The fourth-order valence-electron chi connectivity index (χ4n) is 2.94. The van der Waals surface area contributed by atoms with Crippen LogP contribution in [0.1, 0.15) is 0 Å². The first-order valence-electron chi connectivity index (χ1n) is 9.19. The van der Waals surface area contributed by atoms with Crippen LogP contribution in [0.25, 0.3) is 0 Å². The fourth-order valence-corrected chi connectivity index (χ4v) is 2.94. The number of rotatable bonds is 6. The molecule has 0 unspecified atom stereocenters. The molecule has 4 heteroatoms. The van der Waals surface area contributed by atoms with Crippen LogP contribution in [-0.2, 0) is 4.79 Å². The molecule has 0 aliphatic rings. The highest BCUT2D eigenvalue weighted by molar-refractivity contribution is 6.07. The number of hydrogen-bond donors (Lipinski definition) is 0. The van der Waals surface area contributed by atoms with E-state index in [2.05, 4.69) is 0 Å². The number of anilines is 3. The molecule has 0 radical (unpaired) electrons. The second-order valence-corrected chi connectivity index (χ2v) is 6.56. The Morgan fingerprint density at radius 1 is 0.607 bits per heavy atom. The summed E-state index contributed by atoms with van der Waals surface area (Å²) in [5.41, 5.74) is 3.38. The zero-order chi connectivity index (χ0) is 19.9. The minimum Gasteiger partial charge on any atom is -0.349 e. The van der Waals surface area contributed by atoms with E-state index in [1.165, 1.54) is 0 Å². The van der Waals surface area contributed by atoms with Crippen molar-refractivity contribution in [3.05, 3.63) is 103 Å². The summed E-state index contributed by atoms with van der Waals surface area (Å²) in [6.45, 7) is 0. The third-order valence-electron chi connectivity index (χ3n) is 4.65. The van der Waals surface area contributed by atoms with Crippen molar-refractivity contribution >= 4 is 23.0 Å². The molecule has 28 heavy (non-hydrogen) atoms. The van der Waals surface area contributed by atoms with E-state index >= 15 is 0 Å². The third-order valence-corrected chi connectivity index (χ3v) is 4.65. The van der Waals surface area contributed by atoms with E-state index < -0.39 is 0 Å². The summed E-state index contributed by atoms with van der Waals surface area (Å²) in [6.07, 6.45) is 1.88. The van der Waals surface area contributed by atoms with Crippen molar-refractivity contribution < 1.29 is 4.79 Å². The van der Waals surface area contributed by atoms with Crippen LogP contribution >= 0.6 is 0 Å². The molecule has 3 rings (SSSR count). The van der Waals surface area contributed by atoms with Crippen LogP contribution in [0, 0.1) is 0 Å². The minimum absolute atomic E-state index is 0.0830. The predicted octanol–water partition coefficient (Wildman–Crippen LogP) is 4.76. The van der Waals surface area contributed by atoms with Crippen LogP contribution < -0.4 is 14.7 Å². The molecule has 1 amide bonds. The van der Waals surface area contributed by atoms with Gasteiger partial charge < -0.3 is 14.7 Å². The summed E-state index contributed by atoms with van der Waals surface area (Å²) in [7, 11) is 5.66. The molecule has 0 bridgehead atoms. The second kappa shape index (κ2) is 8.91. The van der Waals surface area contributed by atoms with E-state index in [1.54, 1.807) is 11.9 Å². The lowest BCUT2D eigenvalue weighted by atomic mass is 10.2. The van der Waals surface area contributed by atoms with Gasteiger partial charge in [-0.2, -0.15) is 0 Å². The maximum Gasteiger partial charge on any atom is 0.276 e. The van der Waals surface area contributed by atoms with Gasteiger partial charge in [0.1, 0.15) is 5.70 Å². The number of carbonyl (C=O) groups excluding carboxylic acids is 1. The summed E-state index contributed by atoms with van der Waals surface area (Å²) < 4.78 is 0. The van der Waals surface area contributed by atoms with E-state index in [0.29, 0.717) is 5.70 Å². The van der Waals surface area contributed by atoms with E-state index in [4.69, 9.17) is 0 Å². The highest BCUT2D eigenvalue weighted by Gasteiger charge is 2.21. The number of para-hydroxylation sites is 3. The molecular formula is C24H25N3O. The maximum absolute atomic E-state index is 13.4. The van der Waals surface area contributed by atoms with E-state index in [-0.39, 0.29) is 5.91 Å². The third kappa shape index (κ3) is 4.41. The van der Waals surface area contributed by atoms with Gasteiger partial charge in [0.15, 0.2) is 0 Å². The summed E-state index contributed by atoms with van der Waals surface area (Å²) >= 11 is 0. The number of carbonyl (C=O) groups is 1. The summed E-state index contributed by atoms with van der Waals surface area (Å²) in [5.74, 6) is -0.0830. The molecular weight excluding hydrogens is 346 g/mol. The molecule has 3 aromatic carbocycles. The number of nitrogens with zero attached hydrogens (tertiary/aromatic N) is 3.